The van der Waals surface area contributed by atoms with Crippen molar-refractivity contribution in [3.63, 3.8) is 0 Å². The first-order valence-electron chi connectivity index (χ1n) is 6.78. The van der Waals surface area contributed by atoms with Crippen LogP contribution in [0.2, 0.25) is 0 Å². The molecule has 22 heavy (non-hydrogen) atoms. The molecule has 0 amide bonds. The van der Waals surface area contributed by atoms with Crippen LogP contribution in [0.1, 0.15) is 31.1 Å². The summed E-state index contributed by atoms with van der Waals surface area (Å²) in [6.07, 6.45) is 2.67. The van der Waals surface area contributed by atoms with Gasteiger partial charge in [0, 0.05) is 17.3 Å². The van der Waals surface area contributed by atoms with E-state index in [2.05, 4.69) is 21.0 Å². The Labute approximate surface area is 137 Å². The summed E-state index contributed by atoms with van der Waals surface area (Å²) < 4.78 is 6.41. The van der Waals surface area contributed by atoms with Crippen LogP contribution < -0.4 is 0 Å². The topological polar surface area (TPSA) is 61.2 Å². The molecule has 1 aromatic heterocycles. The maximum Gasteiger partial charge on any atom is 0.435 e. The molecule has 0 saturated heterocycles. The van der Waals surface area contributed by atoms with Crippen molar-refractivity contribution in [2.75, 3.05) is 5.33 Å². The first-order valence-corrected chi connectivity index (χ1v) is 7.90. The molecule has 0 fully saturated rings. The van der Waals surface area contributed by atoms with Gasteiger partial charge in [0.25, 0.3) is 0 Å². The van der Waals surface area contributed by atoms with E-state index in [1.165, 1.54) is 0 Å². The summed E-state index contributed by atoms with van der Waals surface area (Å²) in [6, 6.07) is 7.16. The minimum Gasteiger partial charge on any atom is -0.442 e. The van der Waals surface area contributed by atoms with Crippen LogP contribution in [-0.4, -0.2) is 32.6 Å². The second-order valence-electron chi connectivity index (χ2n) is 5.79. The van der Waals surface area contributed by atoms with Gasteiger partial charge in [-0.25, -0.2) is 4.79 Å². The van der Waals surface area contributed by atoms with E-state index in [4.69, 9.17) is 4.74 Å². The number of hydrogen-bond donors (Lipinski definition) is 0. The number of ketones is 1. The van der Waals surface area contributed by atoms with Crippen LogP contribution in [0, 0.1) is 0 Å². The minimum atomic E-state index is -0.569. The van der Waals surface area contributed by atoms with Gasteiger partial charge in [0.1, 0.15) is 5.60 Å². The molecular weight excluding hydrogens is 348 g/mol. The van der Waals surface area contributed by atoms with Gasteiger partial charge < -0.3 is 4.74 Å². The predicted molar refractivity (Wildman–Crippen MR) is 87.4 cm³/mol. The standard InChI is InChI=1S/C16H17BrN2O3/c1-16(2,3)22-15(21)19-10-13(9-18-19)11-4-6-12(7-5-11)14(20)8-17/h4-7,9-10H,8H2,1-3H3. The number of Topliss-reactive ketones (excluding diaryl/α,β-unsaturated/α-hetero) is 1. The Morgan fingerprint density at radius 1 is 1.18 bits per heavy atom. The molecule has 0 aliphatic rings. The summed E-state index contributed by atoms with van der Waals surface area (Å²) in [6.45, 7) is 5.40. The number of carbonyl (C=O) groups is 2. The smallest absolute Gasteiger partial charge is 0.435 e. The van der Waals surface area contributed by atoms with Gasteiger partial charge in [-0.3, -0.25) is 4.79 Å². The highest BCUT2D eigenvalue weighted by Gasteiger charge is 2.18. The molecule has 0 unspecified atom stereocenters. The number of carbonyl (C=O) groups excluding carboxylic acids is 2. The Morgan fingerprint density at radius 3 is 2.36 bits per heavy atom. The highest BCUT2D eigenvalue weighted by Crippen LogP contribution is 2.20. The highest BCUT2D eigenvalue weighted by atomic mass is 79.9. The first kappa shape index (κ1) is 16.4. The number of aromatic nitrogens is 2. The van der Waals surface area contributed by atoms with Crippen molar-refractivity contribution >= 4 is 27.8 Å². The molecule has 0 radical (unpaired) electrons. The third kappa shape index (κ3) is 4.04. The molecule has 0 spiro atoms. The molecular formula is C16H17BrN2O3. The van der Waals surface area contributed by atoms with E-state index in [9.17, 15) is 9.59 Å². The molecule has 0 bridgehead atoms. The van der Waals surface area contributed by atoms with Gasteiger partial charge in [-0.1, -0.05) is 40.2 Å². The van der Waals surface area contributed by atoms with E-state index in [0.29, 0.717) is 10.9 Å². The van der Waals surface area contributed by atoms with Gasteiger partial charge in [-0.05, 0) is 26.3 Å². The average Bonchev–Trinajstić information content (AvgIpc) is 2.95. The Balaban J connectivity index is 2.18. The van der Waals surface area contributed by atoms with E-state index in [-0.39, 0.29) is 5.78 Å². The van der Waals surface area contributed by atoms with E-state index < -0.39 is 11.7 Å². The van der Waals surface area contributed by atoms with Crippen molar-refractivity contribution in [3.05, 3.63) is 42.2 Å². The second-order valence-corrected chi connectivity index (χ2v) is 6.35. The Bertz CT molecular complexity index is 684. The summed E-state index contributed by atoms with van der Waals surface area (Å²) in [7, 11) is 0. The van der Waals surface area contributed by atoms with Crippen LogP contribution in [0.3, 0.4) is 0 Å². The number of alkyl halides is 1. The normalized spacial score (nSPS) is 11.3. The van der Waals surface area contributed by atoms with Gasteiger partial charge >= 0.3 is 6.09 Å². The number of benzene rings is 1. The van der Waals surface area contributed by atoms with E-state index in [1.54, 1.807) is 45.3 Å². The molecule has 0 aliphatic heterocycles. The van der Waals surface area contributed by atoms with Crippen LogP contribution in [0.5, 0.6) is 0 Å². The molecule has 1 aromatic carbocycles. The molecule has 0 aliphatic carbocycles. The number of halogens is 1. The minimum absolute atomic E-state index is 0.0241. The fourth-order valence-electron chi connectivity index (χ4n) is 1.81. The average molecular weight is 365 g/mol. The van der Waals surface area contributed by atoms with E-state index >= 15 is 0 Å². The van der Waals surface area contributed by atoms with Gasteiger partial charge in [0.15, 0.2) is 5.78 Å². The quantitative estimate of drug-likeness (QED) is 0.611. The summed E-state index contributed by atoms with van der Waals surface area (Å²) in [5, 5.41) is 4.31. The lowest BCUT2D eigenvalue weighted by atomic mass is 10.1. The van der Waals surface area contributed by atoms with Crippen molar-refractivity contribution < 1.29 is 14.3 Å². The summed E-state index contributed by atoms with van der Waals surface area (Å²) >= 11 is 3.14. The SMILES string of the molecule is CC(C)(C)OC(=O)n1cc(-c2ccc(C(=O)CBr)cc2)cn1. The number of ether oxygens (including phenoxy) is 1. The summed E-state index contributed by atoms with van der Waals surface area (Å²) in [5.41, 5.74) is 1.73. The van der Waals surface area contributed by atoms with Crippen LogP contribution in [0.4, 0.5) is 4.79 Å². The highest BCUT2D eigenvalue weighted by molar-refractivity contribution is 9.09. The summed E-state index contributed by atoms with van der Waals surface area (Å²) in [4.78, 5) is 23.5. The third-order valence-corrected chi connectivity index (χ3v) is 3.33. The fraction of sp³-hybridized carbons (Fsp3) is 0.312. The van der Waals surface area contributed by atoms with Crippen molar-refractivity contribution in [1.29, 1.82) is 0 Å². The lowest BCUT2D eigenvalue weighted by molar-refractivity contribution is 0.0514. The van der Waals surface area contributed by atoms with Crippen molar-refractivity contribution in [2.45, 2.75) is 26.4 Å². The fourth-order valence-corrected chi connectivity index (χ4v) is 2.13. The number of nitrogens with zero attached hydrogens (tertiary/aromatic N) is 2. The lowest BCUT2D eigenvalue weighted by Gasteiger charge is -2.18. The molecule has 5 nitrogen and oxygen atoms in total. The molecule has 0 atom stereocenters. The molecule has 6 heteroatoms. The Morgan fingerprint density at radius 2 is 1.82 bits per heavy atom. The predicted octanol–water partition coefficient (Wildman–Crippen LogP) is 3.91. The maximum atomic E-state index is 11.9. The van der Waals surface area contributed by atoms with Crippen molar-refractivity contribution in [1.82, 2.24) is 9.78 Å². The van der Waals surface area contributed by atoms with Crippen LogP contribution >= 0.6 is 15.9 Å². The zero-order valence-electron chi connectivity index (χ0n) is 12.7. The van der Waals surface area contributed by atoms with Gasteiger partial charge in [0.2, 0.25) is 0 Å². The first-order chi connectivity index (χ1) is 10.3. The lowest BCUT2D eigenvalue weighted by Crippen LogP contribution is -2.27. The molecule has 116 valence electrons. The van der Waals surface area contributed by atoms with Gasteiger partial charge in [-0.15, -0.1) is 0 Å². The van der Waals surface area contributed by atoms with E-state index in [0.717, 1.165) is 15.8 Å². The molecule has 0 N–H and O–H groups in total. The van der Waals surface area contributed by atoms with Gasteiger partial charge in [-0.2, -0.15) is 9.78 Å². The van der Waals surface area contributed by atoms with Gasteiger partial charge in [0.05, 0.1) is 11.5 Å². The number of hydrogen-bond acceptors (Lipinski definition) is 4. The largest absolute Gasteiger partial charge is 0.442 e. The Kier molecular flexibility index (Phi) is 4.81. The van der Waals surface area contributed by atoms with Crippen LogP contribution in [0.25, 0.3) is 11.1 Å². The number of rotatable bonds is 3. The molecule has 2 aromatic rings. The second kappa shape index (κ2) is 6.44. The van der Waals surface area contributed by atoms with Crippen LogP contribution in [0.15, 0.2) is 36.7 Å². The molecule has 1 heterocycles. The third-order valence-electron chi connectivity index (χ3n) is 2.82. The van der Waals surface area contributed by atoms with Crippen molar-refractivity contribution in [3.8, 4) is 11.1 Å². The Hall–Kier alpha value is -1.95. The zero-order chi connectivity index (χ0) is 16.3. The van der Waals surface area contributed by atoms with E-state index in [1.807, 2.05) is 12.1 Å². The van der Waals surface area contributed by atoms with Crippen molar-refractivity contribution in [2.24, 2.45) is 0 Å². The summed E-state index contributed by atoms with van der Waals surface area (Å²) in [5.74, 6) is 0.0241. The molecule has 0 saturated carbocycles. The zero-order valence-corrected chi connectivity index (χ0v) is 14.3. The van der Waals surface area contributed by atoms with Crippen LogP contribution in [-0.2, 0) is 4.74 Å². The maximum absolute atomic E-state index is 11.9. The molecule has 2 rings (SSSR count). The monoisotopic (exact) mass is 364 g/mol.